The maximum absolute atomic E-state index is 16.6. The van der Waals surface area contributed by atoms with Gasteiger partial charge in [-0.25, -0.2) is 4.79 Å². The molecule has 12 rings (SSSR count). The fourth-order valence-electron chi connectivity index (χ4n) is 21.7. The van der Waals surface area contributed by atoms with Crippen LogP contribution in [0.4, 0.5) is 0 Å². The number of ether oxygens (including phenoxy) is 12. The van der Waals surface area contributed by atoms with Crippen LogP contribution in [0.15, 0.2) is 42.0 Å². The molecule has 1 amide bonds. The number of aliphatic hydroxyl groups excluding tert-OH is 15. The number of unbranched alkanes of at least 4 members (excludes halogenated alkanes) is 7. The number of thioether (sulfide) groups is 1. The first-order chi connectivity index (χ1) is 56.3. The predicted molar refractivity (Wildman–Crippen MR) is 412 cm³/mol. The summed E-state index contributed by atoms with van der Waals surface area (Å²) in [6.07, 6.45) is -37.0. The molecule has 0 radical (unpaired) electrons. The smallest absolute Gasteiger partial charge is 0.335 e. The third kappa shape index (κ3) is 18.9. The van der Waals surface area contributed by atoms with Gasteiger partial charge in [0.15, 0.2) is 37.6 Å². The molecular weight excluding hydrogens is 1590 g/mol. The lowest BCUT2D eigenvalue weighted by atomic mass is 9.33. The van der Waals surface area contributed by atoms with Crippen molar-refractivity contribution in [3.8, 4) is 0 Å². The van der Waals surface area contributed by atoms with Crippen LogP contribution in [-0.4, -0.2) is 326 Å². The molecule has 119 heavy (non-hydrogen) atoms. The average Bonchev–Trinajstić information content (AvgIpc) is 0.669. The molecule has 1 aromatic carbocycles. The van der Waals surface area contributed by atoms with Crippen LogP contribution in [-0.2, 0) is 87.4 Å². The number of benzene rings is 1. The first kappa shape index (κ1) is 94.1. The van der Waals surface area contributed by atoms with E-state index < -0.39 is 270 Å². The minimum atomic E-state index is -2.23. The summed E-state index contributed by atoms with van der Waals surface area (Å²) < 4.78 is 74.2. The molecule has 4 saturated carbocycles. The fourth-order valence-corrected chi connectivity index (χ4v) is 23.1. The summed E-state index contributed by atoms with van der Waals surface area (Å²) in [7, 11) is 0. The number of fused-ring (bicyclic) bond motifs is 7. The standard InChI is InChI=1S/C83H127NO34S/c1-39-65(114-71-60(99)54(93)43(87)35-108-71)59(98)63(102)73(110-39)117-68-57(96)53(84-51(90)21-17-12-10-8-9-11-13-18-22-52(91)92)46(37-107-34-40-19-15-14-16-20-40)112-76(68)119-77(106)83-30-29-78(2,3)31-42(83)41-23-24-48-79(4)27-26-50(80(5,38-86)47(79)25-28-81(48,6)82(41,7)32-49(83)89)113-75-69(118-74-62(101)58(97)56(95)45(33-85)111-74)66(64(103)67(116-75)70(104)105)115-72-61(100)55(94)44(88)36-109-72/h14-16,19-20,23,38-39,42-50,53-69,71-76,85,87-89,93-103H,8-13,17-18,21-22,24-37H2,1-7H3,(H,84,90)(H,91,92)(H,104,105)/t39?,42?,43-,44-,45?,46?,47-,48?,49?,50+,53+,54?,55+,56+,57?,58+,59?,60?,61?,62?,63?,64+,65+,66+,67?,68?,69?,71+,72+,73+,74+,75-,76+,79?,80-,81+,82-,83-/m1/s1. The monoisotopic (exact) mass is 1710 g/mol. The van der Waals surface area contributed by atoms with Gasteiger partial charge in [0.1, 0.15) is 128 Å². The quantitative estimate of drug-likeness (QED) is 0.0204. The van der Waals surface area contributed by atoms with Crippen molar-refractivity contribution in [1.29, 1.82) is 0 Å². The van der Waals surface area contributed by atoms with Gasteiger partial charge >= 0.3 is 11.9 Å². The first-order valence-electron chi connectivity index (χ1n) is 42.3. The molecule has 38 atom stereocenters. The summed E-state index contributed by atoms with van der Waals surface area (Å²) in [5.41, 5.74) is -5.36. The number of aliphatic carboxylic acids is 2. The van der Waals surface area contributed by atoms with Gasteiger partial charge in [0.2, 0.25) is 11.0 Å². The summed E-state index contributed by atoms with van der Waals surface area (Å²) >= 11 is 0.697. The third-order valence-corrected chi connectivity index (χ3v) is 30.1. The van der Waals surface area contributed by atoms with E-state index in [1.807, 2.05) is 30.3 Å². The van der Waals surface area contributed by atoms with Gasteiger partial charge in [0.05, 0.1) is 68.2 Å². The Bertz CT molecular complexity index is 3610. The Morgan fingerprint density at radius 2 is 1.15 bits per heavy atom. The van der Waals surface area contributed by atoms with Gasteiger partial charge in [-0.15, -0.1) is 0 Å². The van der Waals surface area contributed by atoms with E-state index in [4.69, 9.17) is 61.9 Å². The zero-order chi connectivity index (χ0) is 86.3. The van der Waals surface area contributed by atoms with Gasteiger partial charge in [-0.2, -0.15) is 0 Å². The second-order valence-corrected chi connectivity index (χ2v) is 38.0. The maximum Gasteiger partial charge on any atom is 0.335 e. The Morgan fingerprint density at radius 1 is 0.563 bits per heavy atom. The maximum atomic E-state index is 16.6. The van der Waals surface area contributed by atoms with Crippen molar-refractivity contribution in [2.24, 2.45) is 50.2 Å². The van der Waals surface area contributed by atoms with E-state index in [0.29, 0.717) is 69.5 Å². The Morgan fingerprint density at radius 3 is 1.77 bits per heavy atom. The number of allylic oxidation sites excluding steroid dienone is 2. The number of carbonyl (C=O) groups excluding carboxylic acids is 3. The summed E-state index contributed by atoms with van der Waals surface area (Å²) in [5, 5.41) is 192. The lowest BCUT2D eigenvalue weighted by molar-refractivity contribution is -0.391. The number of aldehydes is 1. The molecule has 674 valence electrons. The van der Waals surface area contributed by atoms with Gasteiger partial charge in [0.25, 0.3) is 0 Å². The van der Waals surface area contributed by atoms with Gasteiger partial charge in [-0.3, -0.25) is 14.4 Å². The van der Waals surface area contributed by atoms with Crippen LogP contribution in [0.5, 0.6) is 0 Å². The molecule has 0 bridgehead atoms. The van der Waals surface area contributed by atoms with Crippen molar-refractivity contribution < 1.29 is 168 Å². The topological polar surface area (TPSA) is 552 Å². The van der Waals surface area contributed by atoms with Crippen LogP contribution in [0.25, 0.3) is 0 Å². The number of nitrogens with one attached hydrogen (secondary N) is 1. The van der Waals surface area contributed by atoms with Crippen molar-refractivity contribution in [3.63, 3.8) is 0 Å². The highest BCUT2D eigenvalue weighted by molar-refractivity contribution is 8.14. The molecule has 0 spiro atoms. The number of amides is 1. The first-order valence-corrected chi connectivity index (χ1v) is 43.2. The zero-order valence-corrected chi connectivity index (χ0v) is 69.3. The zero-order valence-electron chi connectivity index (χ0n) is 68.5. The Hall–Kier alpha value is -4.02. The Balaban J connectivity index is 0.828. The Labute approximate surface area is 695 Å². The minimum Gasteiger partial charge on any atom is -0.481 e. The van der Waals surface area contributed by atoms with Crippen LogP contribution >= 0.6 is 11.8 Å². The number of rotatable bonds is 31. The van der Waals surface area contributed by atoms with Crippen LogP contribution in [0, 0.1) is 50.2 Å². The van der Waals surface area contributed by atoms with E-state index in [1.165, 1.54) is 6.92 Å². The van der Waals surface area contributed by atoms with Crippen molar-refractivity contribution >= 4 is 41.0 Å². The fraction of sp³-hybridized carbons (Fsp3) is 0.843. The Kier molecular flexibility index (Phi) is 30.6. The van der Waals surface area contributed by atoms with Gasteiger partial charge in [-0.1, -0.05) is 134 Å². The van der Waals surface area contributed by atoms with Crippen molar-refractivity contribution in [3.05, 3.63) is 47.5 Å². The largest absolute Gasteiger partial charge is 0.481 e. The number of hydrogen-bond acceptors (Lipinski definition) is 33. The highest BCUT2D eigenvalue weighted by Gasteiger charge is 2.73. The molecular formula is C83H127NO34S. The number of carboxylic acids is 2. The molecule has 11 aliphatic rings. The number of aliphatic hydroxyl groups is 15. The molecule has 10 fully saturated rings. The van der Waals surface area contributed by atoms with Crippen LogP contribution in [0.1, 0.15) is 176 Å². The molecule has 6 saturated heterocycles. The summed E-state index contributed by atoms with van der Waals surface area (Å²) in [5.74, 6) is -4.37. The number of hydrogen-bond donors (Lipinski definition) is 18. The molecule has 0 aromatic heterocycles. The third-order valence-electron chi connectivity index (χ3n) is 28.9. The summed E-state index contributed by atoms with van der Waals surface area (Å²) in [6.45, 7) is 11.8. The summed E-state index contributed by atoms with van der Waals surface area (Å²) in [6, 6.07) is 7.91. The number of carboxylic acid groups (broad SMARTS) is 2. The van der Waals surface area contributed by atoms with Crippen molar-refractivity contribution in [2.45, 2.75) is 360 Å². The molecule has 6 aliphatic heterocycles. The second-order valence-electron chi connectivity index (χ2n) is 36.9. The lowest BCUT2D eigenvalue weighted by Crippen LogP contribution is -2.69. The second kappa shape index (κ2) is 38.7. The minimum absolute atomic E-state index is 0.0390. The van der Waals surface area contributed by atoms with E-state index in [-0.39, 0.29) is 51.2 Å². The number of carbonyl (C=O) groups is 5. The van der Waals surface area contributed by atoms with E-state index in [9.17, 15) is 101 Å². The molecule has 1 aromatic rings. The van der Waals surface area contributed by atoms with Crippen LogP contribution < -0.4 is 5.32 Å². The summed E-state index contributed by atoms with van der Waals surface area (Å²) in [4.78, 5) is 69.4. The van der Waals surface area contributed by atoms with Gasteiger partial charge in [0, 0.05) is 12.8 Å². The molecule has 5 aliphatic carbocycles. The van der Waals surface area contributed by atoms with E-state index >= 15 is 4.79 Å². The van der Waals surface area contributed by atoms with Crippen molar-refractivity contribution in [1.82, 2.24) is 5.32 Å². The highest BCUT2D eigenvalue weighted by Crippen LogP contribution is 2.76. The van der Waals surface area contributed by atoms with Crippen LogP contribution in [0.2, 0.25) is 0 Å². The molecule has 35 nitrogen and oxygen atoms in total. The average molecular weight is 1710 g/mol. The van der Waals surface area contributed by atoms with Gasteiger partial charge in [-0.05, 0) is 123 Å². The van der Waals surface area contributed by atoms with Crippen molar-refractivity contribution in [2.75, 3.05) is 26.4 Å². The SMILES string of the molecule is CC1O[C@@H](OC2C(O)[C@@H](NC(=O)CCCCCCCCCCC(=O)O)C(COCc3ccccc3)O[C@H]2SC(=O)[C@]23CCC(C)(C)CC2C2=CCC4C5(C)CC[C@H](O[C@@H]6OC(C(=O)O)[C@@H](O)[C@H](O[C@@H]7OC[C@@H](O)[C@H](O)C7O)C6O[C@@H]6OC(CO)[C@H](O)[C@H](O)C6O)[C@](C)(C=O)[C@@H]5CC[C@]4(C)[C@]2(C)CC3O)C(O)C(O)[C@H]1O[C@@H]1OC[C@@H](O)C(O)C1O. The van der Waals surface area contributed by atoms with Crippen LogP contribution in [0.3, 0.4) is 0 Å². The molecule has 17 unspecified atom stereocenters. The van der Waals surface area contributed by atoms with E-state index in [2.05, 4.69) is 46.0 Å². The normalized spacial score (nSPS) is 46.6. The highest BCUT2D eigenvalue weighted by atomic mass is 32.2. The van der Waals surface area contributed by atoms with Gasteiger partial charge < -0.3 is 154 Å². The van der Waals surface area contributed by atoms with E-state index in [1.54, 1.807) is 6.92 Å². The van der Waals surface area contributed by atoms with E-state index in [0.717, 1.165) is 49.5 Å². The lowest BCUT2D eigenvalue weighted by Gasteiger charge is -2.71. The predicted octanol–water partition coefficient (Wildman–Crippen LogP) is 0.212. The molecule has 6 heterocycles. The molecule has 36 heteroatoms. The molecule has 18 N–H and O–H groups in total.